The number of urea groups is 1. The number of nitrogens with zero attached hydrogens (tertiary/aromatic N) is 2. The van der Waals surface area contributed by atoms with Crippen LogP contribution in [0.5, 0.6) is 0 Å². The van der Waals surface area contributed by atoms with Crippen molar-refractivity contribution < 1.29 is 4.79 Å². The number of anilines is 1. The Bertz CT molecular complexity index is 1020. The fraction of sp³-hybridized carbons (Fsp3) is 0.269. The summed E-state index contributed by atoms with van der Waals surface area (Å²) in [4.78, 5) is 17.9. The average molecular weight is 417 g/mol. The van der Waals surface area contributed by atoms with E-state index < -0.39 is 0 Å². The summed E-state index contributed by atoms with van der Waals surface area (Å²) in [5.74, 6) is 0.729. The molecule has 2 amide bonds. The van der Waals surface area contributed by atoms with Crippen molar-refractivity contribution in [3.8, 4) is 0 Å². The molecule has 1 saturated heterocycles. The molecule has 5 rings (SSSR count). The van der Waals surface area contributed by atoms with Crippen LogP contribution in [0.3, 0.4) is 0 Å². The van der Waals surface area contributed by atoms with Crippen LogP contribution in [0.2, 0.25) is 0 Å². The van der Waals surface area contributed by atoms with Crippen LogP contribution in [0.25, 0.3) is 0 Å². The monoisotopic (exact) mass is 416 g/mol. The van der Waals surface area contributed by atoms with Gasteiger partial charge >= 0.3 is 6.03 Å². The number of fused-ring (bicyclic) bond motifs is 3. The van der Waals surface area contributed by atoms with Crippen LogP contribution in [-0.4, -0.2) is 29.4 Å². The maximum Gasteiger partial charge on any atom is 0.325 e. The van der Waals surface area contributed by atoms with Gasteiger partial charge in [-0.3, -0.25) is 4.90 Å². The highest BCUT2D eigenvalue weighted by atomic mass is 35.5. The smallest absolute Gasteiger partial charge is 0.316 e. The van der Waals surface area contributed by atoms with E-state index in [9.17, 15) is 4.79 Å². The first-order chi connectivity index (χ1) is 14.8. The molecule has 2 aliphatic heterocycles. The number of para-hydroxylation sites is 1. The number of halogens is 1. The first-order valence-electron chi connectivity index (χ1n) is 10.6. The van der Waals surface area contributed by atoms with E-state index in [4.69, 9.17) is 11.6 Å². The van der Waals surface area contributed by atoms with Gasteiger partial charge in [-0.05, 0) is 41.7 Å². The van der Waals surface area contributed by atoms with Gasteiger partial charge in [0.2, 0.25) is 0 Å². The Morgan fingerprint density at radius 2 is 1.47 bits per heavy atom. The Balaban J connectivity index is 1.59. The lowest BCUT2D eigenvalue weighted by atomic mass is 9.78. The molecule has 2 heterocycles. The van der Waals surface area contributed by atoms with Gasteiger partial charge in [-0.1, -0.05) is 72.8 Å². The summed E-state index contributed by atoms with van der Waals surface area (Å²) >= 11 is 6.16. The molecule has 0 bridgehead atoms. The number of rotatable bonds is 4. The van der Waals surface area contributed by atoms with Gasteiger partial charge in [-0.2, -0.15) is 0 Å². The predicted molar refractivity (Wildman–Crippen MR) is 122 cm³/mol. The van der Waals surface area contributed by atoms with Crippen molar-refractivity contribution in [3.05, 3.63) is 102 Å². The Kier molecular flexibility index (Phi) is 5.22. The summed E-state index contributed by atoms with van der Waals surface area (Å²) in [6.45, 7) is 0.696. The fourth-order valence-electron chi connectivity index (χ4n) is 5.10. The number of benzene rings is 3. The third kappa shape index (κ3) is 3.27. The van der Waals surface area contributed by atoms with Gasteiger partial charge in [0.15, 0.2) is 0 Å². The van der Waals surface area contributed by atoms with Crippen LogP contribution < -0.4 is 4.90 Å². The Morgan fingerprint density at radius 1 is 0.833 bits per heavy atom. The Hall–Kier alpha value is -2.78. The van der Waals surface area contributed by atoms with E-state index >= 15 is 0 Å². The predicted octanol–water partition coefficient (Wildman–Crippen LogP) is 6.20. The van der Waals surface area contributed by atoms with Gasteiger partial charge in [0, 0.05) is 30.1 Å². The zero-order valence-corrected chi connectivity index (χ0v) is 17.6. The van der Waals surface area contributed by atoms with E-state index in [1.54, 1.807) is 0 Å². The number of hydrogen-bond acceptors (Lipinski definition) is 1. The second-order valence-electron chi connectivity index (χ2n) is 8.12. The van der Waals surface area contributed by atoms with E-state index in [0.29, 0.717) is 12.4 Å². The second-order valence-corrected chi connectivity index (χ2v) is 8.49. The molecule has 0 saturated carbocycles. The van der Waals surface area contributed by atoms with Crippen molar-refractivity contribution >= 4 is 23.3 Å². The Labute approximate surface area is 182 Å². The first-order valence-corrected chi connectivity index (χ1v) is 11.2. The molecule has 4 heteroatoms. The molecule has 3 atom stereocenters. The van der Waals surface area contributed by atoms with Crippen molar-refractivity contribution in [2.75, 3.05) is 17.3 Å². The van der Waals surface area contributed by atoms with Crippen LogP contribution >= 0.6 is 11.6 Å². The third-order valence-corrected chi connectivity index (χ3v) is 6.70. The normalized spacial score (nSPS) is 23.1. The van der Waals surface area contributed by atoms with Crippen molar-refractivity contribution in [2.45, 2.75) is 30.8 Å². The molecule has 3 nitrogen and oxygen atoms in total. The quantitative estimate of drug-likeness (QED) is 0.464. The zero-order chi connectivity index (χ0) is 20.5. The van der Waals surface area contributed by atoms with E-state index in [2.05, 4.69) is 53.4 Å². The van der Waals surface area contributed by atoms with Gasteiger partial charge in [-0.15, -0.1) is 11.6 Å². The van der Waals surface area contributed by atoms with Crippen LogP contribution in [0.15, 0.2) is 84.9 Å². The van der Waals surface area contributed by atoms with Gasteiger partial charge in [0.25, 0.3) is 0 Å². The Morgan fingerprint density at radius 3 is 2.17 bits per heavy atom. The zero-order valence-electron chi connectivity index (χ0n) is 16.8. The van der Waals surface area contributed by atoms with E-state index in [1.165, 1.54) is 16.7 Å². The standard InChI is InChI=1S/C26H25ClN2O/c27-16-15-21-17-25-23-14-8-7-13-22(23)24(19-9-3-1-4-10-19)18-28(25)26(30)29(21)20-11-5-2-6-12-20/h1-14,21,24-25H,15-18H2/t21-,24-,25-/m0/s1. The second kappa shape index (κ2) is 8.16. The molecule has 3 aromatic carbocycles. The van der Waals surface area contributed by atoms with Gasteiger partial charge in [0.1, 0.15) is 0 Å². The van der Waals surface area contributed by atoms with Crippen molar-refractivity contribution in [1.29, 1.82) is 0 Å². The van der Waals surface area contributed by atoms with E-state index in [-0.39, 0.29) is 24.0 Å². The molecule has 2 aliphatic rings. The first kappa shape index (κ1) is 19.2. The van der Waals surface area contributed by atoms with Crippen molar-refractivity contribution in [3.63, 3.8) is 0 Å². The molecule has 0 spiro atoms. The molecule has 0 radical (unpaired) electrons. The summed E-state index contributed by atoms with van der Waals surface area (Å²) in [5.41, 5.74) is 4.82. The van der Waals surface area contributed by atoms with Gasteiger partial charge in [-0.25, -0.2) is 4.79 Å². The van der Waals surface area contributed by atoms with Crippen molar-refractivity contribution in [2.24, 2.45) is 0 Å². The summed E-state index contributed by atoms with van der Waals surface area (Å²) in [5, 5.41) is 0. The topological polar surface area (TPSA) is 23.6 Å². The fourth-order valence-corrected chi connectivity index (χ4v) is 5.35. The maximum absolute atomic E-state index is 13.8. The number of carbonyl (C=O) groups excluding carboxylic acids is 1. The SMILES string of the molecule is O=C1N2C[C@@H](c3ccccc3)c3ccccc3[C@@H]2C[C@H](CCCl)N1c1ccccc1. The number of carbonyl (C=O) groups is 1. The molecule has 0 aliphatic carbocycles. The van der Waals surface area contributed by atoms with Crippen molar-refractivity contribution in [1.82, 2.24) is 4.90 Å². The van der Waals surface area contributed by atoms with E-state index in [0.717, 1.165) is 18.5 Å². The summed E-state index contributed by atoms with van der Waals surface area (Å²) in [6.07, 6.45) is 1.68. The maximum atomic E-state index is 13.8. The van der Waals surface area contributed by atoms with Gasteiger partial charge in [0.05, 0.1) is 6.04 Å². The van der Waals surface area contributed by atoms with Crippen LogP contribution in [-0.2, 0) is 0 Å². The summed E-state index contributed by atoms with van der Waals surface area (Å²) < 4.78 is 0. The van der Waals surface area contributed by atoms with Gasteiger partial charge < -0.3 is 4.90 Å². The minimum Gasteiger partial charge on any atom is -0.316 e. The molecule has 0 unspecified atom stereocenters. The largest absolute Gasteiger partial charge is 0.325 e. The molecule has 0 N–H and O–H groups in total. The summed E-state index contributed by atoms with van der Waals surface area (Å²) in [6, 6.07) is 29.5. The molecule has 3 aromatic rings. The lowest BCUT2D eigenvalue weighted by Gasteiger charge is -2.50. The van der Waals surface area contributed by atoms with Crippen LogP contribution in [0.1, 0.15) is 41.5 Å². The molecule has 1 fully saturated rings. The minimum atomic E-state index is 0.0861. The highest BCUT2D eigenvalue weighted by molar-refractivity contribution is 6.17. The van der Waals surface area contributed by atoms with E-state index in [1.807, 2.05) is 41.3 Å². The lowest BCUT2D eigenvalue weighted by molar-refractivity contribution is 0.140. The van der Waals surface area contributed by atoms with Crippen LogP contribution in [0.4, 0.5) is 10.5 Å². The molecular weight excluding hydrogens is 392 g/mol. The highest BCUT2D eigenvalue weighted by Gasteiger charge is 2.45. The molecule has 30 heavy (non-hydrogen) atoms. The average Bonchev–Trinajstić information content (AvgIpc) is 2.80. The molecular formula is C26H25ClN2O. The number of hydrogen-bond donors (Lipinski definition) is 0. The minimum absolute atomic E-state index is 0.0861. The number of amides is 2. The highest BCUT2D eigenvalue weighted by Crippen LogP contribution is 2.45. The molecule has 0 aromatic heterocycles. The third-order valence-electron chi connectivity index (χ3n) is 6.48. The molecule has 152 valence electrons. The summed E-state index contributed by atoms with van der Waals surface area (Å²) in [7, 11) is 0. The van der Waals surface area contributed by atoms with Crippen LogP contribution in [0, 0.1) is 0 Å². The lowest BCUT2D eigenvalue weighted by Crippen LogP contribution is -2.58. The number of alkyl halides is 1.